The van der Waals surface area contributed by atoms with Gasteiger partial charge in [0.25, 0.3) is 11.1 Å². The van der Waals surface area contributed by atoms with Crippen molar-refractivity contribution in [2.45, 2.75) is 0 Å². The highest BCUT2D eigenvalue weighted by molar-refractivity contribution is 8.18. The number of hydrogen-bond acceptors (Lipinski definition) is 5. The summed E-state index contributed by atoms with van der Waals surface area (Å²) in [7, 11) is 0. The molecule has 2 aliphatic rings. The van der Waals surface area contributed by atoms with Gasteiger partial charge in [0, 0.05) is 6.54 Å². The molecule has 0 spiro atoms. The number of carbonyl (C=O) groups excluding carboxylic acids is 2. The predicted octanol–water partition coefficient (Wildman–Crippen LogP) is 1.81. The maximum atomic E-state index is 11.4. The number of amides is 2. The molecule has 0 unspecified atom stereocenters. The molecular weight excluding hydrogens is 252 g/mol. The molecule has 5 nitrogen and oxygen atoms in total. The van der Waals surface area contributed by atoms with Gasteiger partial charge in [0.2, 0.25) is 0 Å². The van der Waals surface area contributed by atoms with E-state index in [1.165, 1.54) is 0 Å². The number of imide groups is 1. The van der Waals surface area contributed by atoms with Gasteiger partial charge in [-0.3, -0.25) is 14.9 Å². The summed E-state index contributed by atoms with van der Waals surface area (Å²) in [6.45, 7) is 1.42. The summed E-state index contributed by atoms with van der Waals surface area (Å²) in [5, 5.41) is 5.11. The monoisotopic (exact) mass is 262 g/mol. The van der Waals surface area contributed by atoms with Crippen LogP contribution in [0.3, 0.4) is 0 Å². The zero-order valence-electron chi connectivity index (χ0n) is 9.36. The lowest BCUT2D eigenvalue weighted by Gasteiger charge is -2.19. The van der Waals surface area contributed by atoms with E-state index in [0.29, 0.717) is 11.5 Å². The van der Waals surface area contributed by atoms with Gasteiger partial charge in [-0.15, -0.1) is 0 Å². The number of nitrogens with one attached hydrogen (secondary N) is 2. The molecule has 1 saturated heterocycles. The molecule has 3 rings (SSSR count). The number of anilines is 1. The Balaban J connectivity index is 1.91. The number of ether oxygens (including phenoxy) is 1. The van der Waals surface area contributed by atoms with Gasteiger partial charge in [-0.2, -0.15) is 0 Å². The SMILES string of the molecule is O=C1NC(=O)C(=Cc2ccc3c(c2)OCCN3)S1. The molecule has 0 radical (unpaired) electrons. The van der Waals surface area contributed by atoms with Gasteiger partial charge in [0.15, 0.2) is 0 Å². The molecule has 92 valence electrons. The molecule has 6 heteroatoms. The molecule has 2 N–H and O–H groups in total. The van der Waals surface area contributed by atoms with Crippen LogP contribution in [0, 0.1) is 0 Å². The van der Waals surface area contributed by atoms with Crippen molar-refractivity contribution >= 4 is 34.7 Å². The van der Waals surface area contributed by atoms with Crippen molar-refractivity contribution in [3.63, 3.8) is 0 Å². The van der Waals surface area contributed by atoms with E-state index < -0.39 is 0 Å². The van der Waals surface area contributed by atoms with Crippen LogP contribution in [0.25, 0.3) is 6.08 Å². The number of carbonyl (C=O) groups is 2. The van der Waals surface area contributed by atoms with Crippen molar-refractivity contribution in [2.24, 2.45) is 0 Å². The third-order valence-corrected chi connectivity index (χ3v) is 3.43. The molecule has 2 aliphatic heterocycles. The first-order valence-corrected chi connectivity index (χ1v) is 6.29. The van der Waals surface area contributed by atoms with Gasteiger partial charge in [0.1, 0.15) is 12.4 Å². The number of benzene rings is 1. The summed E-state index contributed by atoms with van der Waals surface area (Å²) < 4.78 is 5.51. The number of hydrogen-bond donors (Lipinski definition) is 2. The Morgan fingerprint density at radius 3 is 3.00 bits per heavy atom. The quantitative estimate of drug-likeness (QED) is 0.756. The third kappa shape index (κ3) is 2.06. The Morgan fingerprint density at radius 1 is 1.33 bits per heavy atom. The molecule has 2 heterocycles. The topological polar surface area (TPSA) is 67.4 Å². The number of thioether (sulfide) groups is 1. The minimum absolute atomic E-state index is 0.331. The fraction of sp³-hybridized carbons (Fsp3) is 0.167. The van der Waals surface area contributed by atoms with E-state index in [0.717, 1.165) is 35.3 Å². The van der Waals surface area contributed by atoms with Gasteiger partial charge in [-0.25, -0.2) is 0 Å². The van der Waals surface area contributed by atoms with Crippen LogP contribution in [-0.4, -0.2) is 24.3 Å². The van der Waals surface area contributed by atoms with Crippen LogP contribution in [0.1, 0.15) is 5.56 Å². The van der Waals surface area contributed by atoms with Crippen molar-refractivity contribution in [3.8, 4) is 5.75 Å². The van der Waals surface area contributed by atoms with Gasteiger partial charge >= 0.3 is 0 Å². The minimum atomic E-state index is -0.346. The van der Waals surface area contributed by atoms with Crippen LogP contribution < -0.4 is 15.4 Å². The molecule has 1 aromatic carbocycles. The highest BCUT2D eigenvalue weighted by atomic mass is 32.2. The van der Waals surface area contributed by atoms with E-state index >= 15 is 0 Å². The van der Waals surface area contributed by atoms with E-state index in [-0.39, 0.29) is 11.1 Å². The summed E-state index contributed by atoms with van der Waals surface area (Å²) >= 11 is 0.911. The maximum Gasteiger partial charge on any atom is 0.290 e. The summed E-state index contributed by atoms with van der Waals surface area (Å²) in [6.07, 6.45) is 1.68. The van der Waals surface area contributed by atoms with Crippen molar-refractivity contribution in [2.75, 3.05) is 18.5 Å². The zero-order valence-corrected chi connectivity index (χ0v) is 10.2. The van der Waals surface area contributed by atoms with Gasteiger partial charge in [-0.1, -0.05) is 6.07 Å². The second-order valence-corrected chi connectivity index (χ2v) is 4.90. The van der Waals surface area contributed by atoms with Crippen LogP contribution in [0.4, 0.5) is 10.5 Å². The first kappa shape index (κ1) is 11.2. The van der Waals surface area contributed by atoms with Gasteiger partial charge < -0.3 is 10.1 Å². The predicted molar refractivity (Wildman–Crippen MR) is 69.5 cm³/mol. The third-order valence-electron chi connectivity index (χ3n) is 2.62. The van der Waals surface area contributed by atoms with Gasteiger partial charge in [-0.05, 0) is 35.5 Å². The van der Waals surface area contributed by atoms with Crippen LogP contribution in [0.2, 0.25) is 0 Å². The summed E-state index contributed by atoms with van der Waals surface area (Å²) in [4.78, 5) is 22.9. The number of rotatable bonds is 1. The standard InChI is InChI=1S/C12H10N2O3S/c15-11-10(18-12(16)14-11)6-7-1-2-8-9(5-7)17-4-3-13-8/h1-2,5-6,13H,3-4H2,(H,14,15,16). The first-order valence-electron chi connectivity index (χ1n) is 5.48. The molecule has 0 bridgehead atoms. The maximum absolute atomic E-state index is 11.4. The van der Waals surface area contributed by atoms with Crippen LogP contribution in [0.5, 0.6) is 5.75 Å². The first-order chi connectivity index (χ1) is 8.72. The van der Waals surface area contributed by atoms with E-state index in [9.17, 15) is 9.59 Å². The molecule has 1 fully saturated rings. The van der Waals surface area contributed by atoms with E-state index in [2.05, 4.69) is 10.6 Å². The zero-order chi connectivity index (χ0) is 12.5. The normalized spacial score (nSPS) is 20.1. The van der Waals surface area contributed by atoms with Crippen molar-refractivity contribution < 1.29 is 14.3 Å². The molecule has 18 heavy (non-hydrogen) atoms. The fourth-order valence-electron chi connectivity index (χ4n) is 1.81. The molecular formula is C12H10N2O3S. The average molecular weight is 262 g/mol. The fourth-order valence-corrected chi connectivity index (χ4v) is 2.50. The summed E-state index contributed by atoms with van der Waals surface area (Å²) in [6, 6.07) is 5.63. The molecule has 0 saturated carbocycles. The molecule has 2 amide bonds. The summed E-state index contributed by atoms with van der Waals surface area (Å²) in [5.41, 5.74) is 1.79. The lowest BCUT2D eigenvalue weighted by Crippen LogP contribution is -2.18. The van der Waals surface area contributed by atoms with Crippen molar-refractivity contribution in [1.82, 2.24) is 5.32 Å². The van der Waals surface area contributed by atoms with E-state index in [4.69, 9.17) is 4.74 Å². The van der Waals surface area contributed by atoms with Crippen molar-refractivity contribution in [3.05, 3.63) is 28.7 Å². The average Bonchev–Trinajstić information content (AvgIpc) is 2.68. The van der Waals surface area contributed by atoms with Crippen LogP contribution in [0.15, 0.2) is 23.1 Å². The molecule has 0 atom stereocenters. The second kappa shape index (κ2) is 4.38. The van der Waals surface area contributed by atoms with Crippen molar-refractivity contribution in [1.29, 1.82) is 0 Å². The minimum Gasteiger partial charge on any atom is -0.490 e. The molecule has 0 aliphatic carbocycles. The van der Waals surface area contributed by atoms with E-state index in [1.54, 1.807) is 6.08 Å². The lowest BCUT2D eigenvalue weighted by atomic mass is 10.1. The molecule has 0 aromatic heterocycles. The Hall–Kier alpha value is -1.95. The Kier molecular flexibility index (Phi) is 2.71. The highest BCUT2D eigenvalue weighted by Crippen LogP contribution is 2.31. The molecule has 1 aromatic rings. The Labute approximate surface area is 108 Å². The van der Waals surface area contributed by atoms with Crippen LogP contribution in [-0.2, 0) is 4.79 Å². The van der Waals surface area contributed by atoms with Crippen LogP contribution >= 0.6 is 11.8 Å². The van der Waals surface area contributed by atoms with E-state index in [1.807, 2.05) is 18.2 Å². The second-order valence-electron chi connectivity index (χ2n) is 3.88. The smallest absolute Gasteiger partial charge is 0.290 e. The van der Waals surface area contributed by atoms with Gasteiger partial charge in [0.05, 0.1) is 10.6 Å². The highest BCUT2D eigenvalue weighted by Gasteiger charge is 2.25. The Morgan fingerprint density at radius 2 is 2.22 bits per heavy atom. The Bertz CT molecular complexity index is 568. The summed E-state index contributed by atoms with van der Waals surface area (Å²) in [5.74, 6) is 0.423. The number of fused-ring (bicyclic) bond motifs is 1. The largest absolute Gasteiger partial charge is 0.490 e. The lowest BCUT2D eigenvalue weighted by molar-refractivity contribution is -0.115.